The van der Waals surface area contributed by atoms with Gasteiger partial charge in [0.2, 0.25) is 0 Å². The van der Waals surface area contributed by atoms with Gasteiger partial charge in [-0.15, -0.1) is 0 Å². The molecule has 1 N–H and O–H groups in total. The molecule has 0 saturated carbocycles. The number of halogens is 1. The van der Waals surface area contributed by atoms with E-state index in [1.165, 1.54) is 12.3 Å². The average molecular weight is 349 g/mol. The van der Waals surface area contributed by atoms with Crippen LogP contribution < -0.4 is 4.72 Å². The smallest absolute Gasteiger partial charge is 0.262 e. The minimum atomic E-state index is -3.73. The molecule has 0 aliphatic rings. The van der Waals surface area contributed by atoms with Gasteiger partial charge in [0.15, 0.2) is 0 Å². The van der Waals surface area contributed by atoms with Crippen LogP contribution in [0.4, 0.5) is 5.69 Å². The number of hydrogen-bond donors (Lipinski definition) is 1. The molecule has 6 nitrogen and oxygen atoms in total. The highest BCUT2D eigenvalue weighted by atomic mass is 35.5. The van der Waals surface area contributed by atoms with E-state index in [0.29, 0.717) is 22.1 Å². The average Bonchev–Trinajstić information content (AvgIpc) is 3.04. The van der Waals surface area contributed by atoms with Crippen molar-refractivity contribution >= 4 is 27.3 Å². The van der Waals surface area contributed by atoms with Crippen molar-refractivity contribution in [3.63, 3.8) is 0 Å². The topological polar surface area (TPSA) is 76.9 Å². The van der Waals surface area contributed by atoms with E-state index < -0.39 is 10.0 Å². The Balaban J connectivity index is 1.87. The fourth-order valence-electron chi connectivity index (χ4n) is 2.08. The van der Waals surface area contributed by atoms with E-state index in [2.05, 4.69) is 14.7 Å². The Morgan fingerprint density at radius 3 is 2.70 bits per heavy atom. The van der Waals surface area contributed by atoms with Crippen molar-refractivity contribution in [2.45, 2.75) is 11.8 Å². The monoisotopic (exact) mass is 348 g/mol. The minimum absolute atomic E-state index is 0.142. The molecule has 23 heavy (non-hydrogen) atoms. The Labute approximate surface area is 138 Å². The molecule has 2 heterocycles. The van der Waals surface area contributed by atoms with Gasteiger partial charge in [-0.25, -0.2) is 18.4 Å². The molecule has 0 aliphatic heterocycles. The number of aromatic nitrogens is 3. The number of hydrogen-bond acceptors (Lipinski definition) is 4. The molecule has 0 bridgehead atoms. The highest BCUT2D eigenvalue weighted by molar-refractivity contribution is 7.92. The SMILES string of the molecule is Cc1c(Cl)cccc1S(=O)(=O)Nc1ccc(-n2ccnc2)nc1. The highest BCUT2D eigenvalue weighted by Crippen LogP contribution is 2.24. The Morgan fingerprint density at radius 1 is 1.22 bits per heavy atom. The van der Waals surface area contributed by atoms with Crippen molar-refractivity contribution in [3.8, 4) is 5.82 Å². The second-order valence-electron chi connectivity index (χ2n) is 4.84. The molecule has 1 aromatic carbocycles. The number of nitrogens with one attached hydrogen (secondary N) is 1. The van der Waals surface area contributed by atoms with Crippen LogP contribution in [0.5, 0.6) is 0 Å². The summed E-state index contributed by atoms with van der Waals surface area (Å²) in [7, 11) is -3.73. The Bertz CT molecular complexity index is 923. The lowest BCUT2D eigenvalue weighted by molar-refractivity contribution is 0.600. The summed E-state index contributed by atoms with van der Waals surface area (Å²) in [5, 5.41) is 0.404. The molecule has 0 radical (unpaired) electrons. The summed E-state index contributed by atoms with van der Waals surface area (Å²) in [6.07, 6.45) is 6.45. The van der Waals surface area contributed by atoms with Crippen LogP contribution in [0.15, 0.2) is 60.1 Å². The first kappa shape index (κ1) is 15.5. The van der Waals surface area contributed by atoms with Gasteiger partial charge < -0.3 is 0 Å². The van der Waals surface area contributed by atoms with Gasteiger partial charge in [-0.05, 0) is 36.8 Å². The number of benzene rings is 1. The third-order valence-corrected chi connectivity index (χ3v) is 5.21. The van der Waals surface area contributed by atoms with Gasteiger partial charge in [0.25, 0.3) is 10.0 Å². The van der Waals surface area contributed by atoms with Crippen molar-refractivity contribution in [2.24, 2.45) is 0 Å². The highest BCUT2D eigenvalue weighted by Gasteiger charge is 2.18. The summed E-state index contributed by atoms with van der Waals surface area (Å²) >= 11 is 5.99. The quantitative estimate of drug-likeness (QED) is 0.786. The van der Waals surface area contributed by atoms with Crippen LogP contribution in [-0.4, -0.2) is 23.0 Å². The zero-order valence-electron chi connectivity index (χ0n) is 12.1. The van der Waals surface area contributed by atoms with Crippen LogP contribution in [-0.2, 0) is 10.0 Å². The standard InChI is InChI=1S/C15H13ClN4O2S/c1-11-13(16)3-2-4-14(11)23(21,22)19-12-5-6-15(18-9-12)20-8-7-17-10-20/h2-10,19H,1H3. The number of nitrogens with zero attached hydrogens (tertiary/aromatic N) is 3. The van der Waals surface area contributed by atoms with Gasteiger partial charge in [-0.3, -0.25) is 9.29 Å². The number of anilines is 1. The van der Waals surface area contributed by atoms with E-state index in [0.717, 1.165) is 0 Å². The predicted octanol–water partition coefficient (Wildman–Crippen LogP) is 3.03. The van der Waals surface area contributed by atoms with Crippen LogP contribution >= 0.6 is 11.6 Å². The summed E-state index contributed by atoms with van der Waals surface area (Å²) in [5.74, 6) is 0.643. The minimum Gasteiger partial charge on any atom is -0.291 e. The Morgan fingerprint density at radius 2 is 2.04 bits per heavy atom. The van der Waals surface area contributed by atoms with Gasteiger partial charge in [0, 0.05) is 17.4 Å². The largest absolute Gasteiger partial charge is 0.291 e. The van der Waals surface area contributed by atoms with Crippen molar-refractivity contribution < 1.29 is 8.42 Å². The molecule has 0 spiro atoms. The molecule has 0 unspecified atom stereocenters. The molecule has 0 atom stereocenters. The van der Waals surface area contributed by atoms with Crippen LogP contribution in [0.1, 0.15) is 5.56 Å². The summed E-state index contributed by atoms with van der Waals surface area (Å²) < 4.78 is 29.2. The first-order valence-electron chi connectivity index (χ1n) is 6.70. The maximum absolute atomic E-state index is 12.5. The number of pyridine rings is 1. The lowest BCUT2D eigenvalue weighted by Crippen LogP contribution is -2.14. The van der Waals surface area contributed by atoms with E-state index in [4.69, 9.17) is 11.6 Å². The zero-order valence-corrected chi connectivity index (χ0v) is 13.7. The Kier molecular flexibility index (Phi) is 4.06. The van der Waals surface area contributed by atoms with E-state index in [1.54, 1.807) is 54.5 Å². The third-order valence-electron chi connectivity index (χ3n) is 3.28. The maximum Gasteiger partial charge on any atom is 0.262 e. The van der Waals surface area contributed by atoms with Gasteiger partial charge in [-0.2, -0.15) is 0 Å². The van der Waals surface area contributed by atoms with Gasteiger partial charge in [-0.1, -0.05) is 17.7 Å². The van der Waals surface area contributed by atoms with Crippen LogP contribution in [0, 0.1) is 6.92 Å². The molecule has 2 aromatic heterocycles. The van der Waals surface area contributed by atoms with Crippen LogP contribution in [0.2, 0.25) is 5.02 Å². The summed E-state index contributed by atoms with van der Waals surface area (Å²) in [5.41, 5.74) is 0.873. The molecule has 118 valence electrons. The van der Waals surface area contributed by atoms with E-state index in [1.807, 2.05) is 0 Å². The van der Waals surface area contributed by atoms with Crippen molar-refractivity contribution in [2.75, 3.05) is 4.72 Å². The van der Waals surface area contributed by atoms with Crippen LogP contribution in [0.25, 0.3) is 5.82 Å². The zero-order chi connectivity index (χ0) is 16.4. The maximum atomic E-state index is 12.5. The molecule has 0 amide bonds. The molecule has 8 heteroatoms. The fraction of sp³-hybridized carbons (Fsp3) is 0.0667. The van der Waals surface area contributed by atoms with Gasteiger partial charge in [0.1, 0.15) is 12.1 Å². The van der Waals surface area contributed by atoms with E-state index >= 15 is 0 Å². The molecular weight excluding hydrogens is 336 g/mol. The van der Waals surface area contributed by atoms with Crippen molar-refractivity contribution in [1.82, 2.24) is 14.5 Å². The van der Waals surface area contributed by atoms with E-state index in [9.17, 15) is 8.42 Å². The molecule has 0 fully saturated rings. The third kappa shape index (κ3) is 3.20. The van der Waals surface area contributed by atoms with Gasteiger partial charge >= 0.3 is 0 Å². The molecule has 0 saturated heterocycles. The second-order valence-corrected chi connectivity index (χ2v) is 6.90. The number of rotatable bonds is 4. The molecule has 3 aromatic rings. The summed E-state index contributed by atoms with van der Waals surface area (Å²) in [4.78, 5) is 8.29. The first-order valence-corrected chi connectivity index (χ1v) is 8.56. The lowest BCUT2D eigenvalue weighted by Gasteiger charge is -2.11. The second kappa shape index (κ2) is 6.02. The van der Waals surface area contributed by atoms with E-state index in [-0.39, 0.29) is 4.90 Å². The van der Waals surface area contributed by atoms with Crippen molar-refractivity contribution in [1.29, 1.82) is 0 Å². The normalized spacial score (nSPS) is 11.4. The molecule has 3 rings (SSSR count). The Hall–Kier alpha value is -2.38. The van der Waals surface area contributed by atoms with Gasteiger partial charge in [0.05, 0.1) is 16.8 Å². The van der Waals surface area contributed by atoms with Crippen LogP contribution in [0.3, 0.4) is 0 Å². The molecule has 0 aliphatic carbocycles. The summed E-state index contributed by atoms with van der Waals surface area (Å²) in [6.45, 7) is 1.66. The number of imidazole rings is 1. The molecular formula is C15H13ClN4O2S. The predicted molar refractivity (Wildman–Crippen MR) is 88.4 cm³/mol. The summed E-state index contributed by atoms with van der Waals surface area (Å²) in [6, 6.07) is 8.10. The van der Waals surface area contributed by atoms with Crippen molar-refractivity contribution in [3.05, 3.63) is 65.8 Å². The first-order chi connectivity index (χ1) is 11.0. The number of sulfonamides is 1. The fourth-order valence-corrected chi connectivity index (χ4v) is 3.63. The lowest BCUT2D eigenvalue weighted by atomic mass is 10.2.